The first-order valence-electron chi connectivity index (χ1n) is 5.15. The van der Waals surface area contributed by atoms with Crippen molar-refractivity contribution in [3.63, 3.8) is 0 Å². The van der Waals surface area contributed by atoms with Gasteiger partial charge in [0, 0.05) is 33.4 Å². The number of benzene rings is 1. The molecule has 4 nitrogen and oxygen atoms in total. The van der Waals surface area contributed by atoms with E-state index in [1.54, 1.807) is 18.2 Å². The van der Waals surface area contributed by atoms with Crippen molar-refractivity contribution in [1.82, 2.24) is 5.32 Å². The molecule has 0 amide bonds. The van der Waals surface area contributed by atoms with E-state index < -0.39 is 22.8 Å². The predicted octanol–water partition coefficient (Wildman–Crippen LogP) is 1.19. The van der Waals surface area contributed by atoms with Crippen molar-refractivity contribution in [2.45, 2.75) is 12.1 Å². The minimum Gasteiger partial charge on any atom is -0.480 e. The SMILES string of the molecule is O=C(O)C1CS(=O)CC(c2cccc(Cl)c2)N1. The molecule has 3 atom stereocenters. The number of hydrogen-bond donors (Lipinski definition) is 2. The van der Waals surface area contributed by atoms with E-state index in [-0.39, 0.29) is 11.8 Å². The smallest absolute Gasteiger partial charge is 0.321 e. The van der Waals surface area contributed by atoms with E-state index >= 15 is 0 Å². The van der Waals surface area contributed by atoms with Crippen LogP contribution in [0.15, 0.2) is 24.3 Å². The average molecular weight is 274 g/mol. The highest BCUT2D eigenvalue weighted by atomic mass is 35.5. The van der Waals surface area contributed by atoms with Crippen molar-refractivity contribution in [1.29, 1.82) is 0 Å². The van der Waals surface area contributed by atoms with Gasteiger partial charge in [-0.15, -0.1) is 0 Å². The second-order valence-corrected chi connectivity index (χ2v) is 5.92. The molecule has 0 aromatic heterocycles. The average Bonchev–Trinajstić information content (AvgIpc) is 2.28. The summed E-state index contributed by atoms with van der Waals surface area (Å²) in [5.41, 5.74) is 0.872. The predicted molar refractivity (Wildman–Crippen MR) is 66.6 cm³/mol. The Kier molecular flexibility index (Phi) is 3.81. The quantitative estimate of drug-likeness (QED) is 0.849. The maximum absolute atomic E-state index is 11.6. The van der Waals surface area contributed by atoms with Crippen LogP contribution in [0.4, 0.5) is 0 Å². The fourth-order valence-electron chi connectivity index (χ4n) is 1.84. The monoisotopic (exact) mass is 273 g/mol. The van der Waals surface area contributed by atoms with Gasteiger partial charge in [-0.1, -0.05) is 23.7 Å². The summed E-state index contributed by atoms with van der Waals surface area (Å²) >= 11 is 5.88. The number of carboxylic acid groups (broad SMARTS) is 1. The summed E-state index contributed by atoms with van der Waals surface area (Å²) < 4.78 is 11.6. The number of hydrogen-bond acceptors (Lipinski definition) is 3. The van der Waals surface area contributed by atoms with Crippen LogP contribution in [0.3, 0.4) is 0 Å². The molecule has 1 fully saturated rings. The first-order chi connectivity index (χ1) is 8.06. The molecule has 2 N–H and O–H groups in total. The number of halogens is 1. The first kappa shape index (κ1) is 12.5. The number of aliphatic carboxylic acids is 1. The summed E-state index contributed by atoms with van der Waals surface area (Å²) in [6, 6.07) is 6.19. The zero-order chi connectivity index (χ0) is 12.4. The Morgan fingerprint density at radius 2 is 2.24 bits per heavy atom. The molecule has 1 aliphatic heterocycles. The maximum atomic E-state index is 11.6. The number of carboxylic acids is 1. The Morgan fingerprint density at radius 3 is 2.88 bits per heavy atom. The summed E-state index contributed by atoms with van der Waals surface area (Å²) in [5, 5.41) is 12.5. The topological polar surface area (TPSA) is 66.4 Å². The summed E-state index contributed by atoms with van der Waals surface area (Å²) in [7, 11) is -1.11. The lowest BCUT2D eigenvalue weighted by Crippen LogP contribution is -2.49. The Morgan fingerprint density at radius 1 is 1.47 bits per heavy atom. The Labute approximate surface area is 106 Å². The first-order valence-corrected chi connectivity index (χ1v) is 7.02. The van der Waals surface area contributed by atoms with E-state index in [2.05, 4.69) is 5.32 Å². The molecule has 17 heavy (non-hydrogen) atoms. The normalized spacial score (nSPS) is 28.9. The molecule has 1 aliphatic rings. The van der Waals surface area contributed by atoms with Gasteiger partial charge in [-0.25, -0.2) is 0 Å². The molecule has 1 aromatic carbocycles. The van der Waals surface area contributed by atoms with Gasteiger partial charge >= 0.3 is 5.97 Å². The van der Waals surface area contributed by atoms with Crippen molar-refractivity contribution in [2.24, 2.45) is 0 Å². The van der Waals surface area contributed by atoms with Crippen LogP contribution in [-0.4, -0.2) is 32.8 Å². The lowest BCUT2D eigenvalue weighted by molar-refractivity contribution is -0.139. The van der Waals surface area contributed by atoms with Crippen LogP contribution in [0.5, 0.6) is 0 Å². The summed E-state index contributed by atoms with van der Waals surface area (Å²) in [5.74, 6) is -0.388. The molecule has 0 bridgehead atoms. The third kappa shape index (κ3) is 3.06. The van der Waals surface area contributed by atoms with E-state index in [4.69, 9.17) is 16.7 Å². The second kappa shape index (κ2) is 5.16. The fraction of sp³-hybridized carbons (Fsp3) is 0.364. The van der Waals surface area contributed by atoms with Gasteiger partial charge in [0.05, 0.1) is 0 Å². The third-order valence-corrected chi connectivity index (χ3v) is 4.30. The zero-order valence-corrected chi connectivity index (χ0v) is 10.5. The molecule has 0 saturated carbocycles. The Hall–Kier alpha value is -0.910. The van der Waals surface area contributed by atoms with Crippen LogP contribution in [0.2, 0.25) is 5.02 Å². The minimum atomic E-state index is -1.11. The van der Waals surface area contributed by atoms with Gasteiger partial charge in [0.2, 0.25) is 0 Å². The molecule has 1 aromatic rings. The van der Waals surface area contributed by atoms with Crippen LogP contribution in [0.1, 0.15) is 11.6 Å². The lowest BCUT2D eigenvalue weighted by Gasteiger charge is -2.28. The third-order valence-electron chi connectivity index (χ3n) is 2.66. The van der Waals surface area contributed by atoms with Crippen LogP contribution in [-0.2, 0) is 15.6 Å². The van der Waals surface area contributed by atoms with Gasteiger partial charge in [0.1, 0.15) is 6.04 Å². The molecular weight excluding hydrogens is 262 g/mol. The van der Waals surface area contributed by atoms with Gasteiger partial charge in [0.15, 0.2) is 0 Å². The largest absolute Gasteiger partial charge is 0.480 e. The molecule has 6 heteroatoms. The lowest BCUT2D eigenvalue weighted by atomic mass is 10.1. The molecule has 0 radical (unpaired) electrons. The van der Waals surface area contributed by atoms with Crippen molar-refractivity contribution in [3.05, 3.63) is 34.9 Å². The highest BCUT2D eigenvalue weighted by Gasteiger charge is 2.30. The van der Waals surface area contributed by atoms with Gasteiger partial charge < -0.3 is 5.11 Å². The Balaban J connectivity index is 2.21. The standard InChI is InChI=1S/C11H12ClNO3S/c12-8-3-1-2-7(4-8)9-5-17(16)6-10(13-9)11(14)15/h1-4,9-10,13H,5-6H2,(H,14,15). The highest BCUT2D eigenvalue weighted by Crippen LogP contribution is 2.22. The highest BCUT2D eigenvalue weighted by molar-refractivity contribution is 7.85. The van der Waals surface area contributed by atoms with Crippen molar-refractivity contribution in [2.75, 3.05) is 11.5 Å². The van der Waals surface area contributed by atoms with Crippen LogP contribution in [0, 0.1) is 0 Å². The van der Waals surface area contributed by atoms with E-state index in [9.17, 15) is 9.00 Å². The van der Waals surface area contributed by atoms with Gasteiger partial charge in [-0.2, -0.15) is 0 Å². The van der Waals surface area contributed by atoms with Crippen molar-refractivity contribution in [3.8, 4) is 0 Å². The van der Waals surface area contributed by atoms with Crippen molar-refractivity contribution >= 4 is 28.4 Å². The van der Waals surface area contributed by atoms with E-state index in [0.717, 1.165) is 5.56 Å². The summed E-state index contributed by atoms with van der Waals surface area (Å²) in [4.78, 5) is 10.9. The fourth-order valence-corrected chi connectivity index (χ4v) is 3.44. The molecule has 1 saturated heterocycles. The molecule has 0 spiro atoms. The van der Waals surface area contributed by atoms with E-state index in [1.165, 1.54) is 0 Å². The summed E-state index contributed by atoms with van der Waals surface area (Å²) in [6.45, 7) is 0. The van der Waals surface area contributed by atoms with Gasteiger partial charge in [0.25, 0.3) is 0 Å². The second-order valence-electron chi connectivity index (χ2n) is 3.94. The molecule has 2 rings (SSSR count). The van der Waals surface area contributed by atoms with Crippen molar-refractivity contribution < 1.29 is 14.1 Å². The Bertz CT molecular complexity index is 466. The molecular formula is C11H12ClNO3S. The molecule has 3 unspecified atom stereocenters. The molecule has 1 heterocycles. The van der Waals surface area contributed by atoms with E-state index in [0.29, 0.717) is 10.8 Å². The summed E-state index contributed by atoms with van der Waals surface area (Å²) in [6.07, 6.45) is 0. The van der Waals surface area contributed by atoms with Gasteiger partial charge in [-0.05, 0) is 17.7 Å². The minimum absolute atomic E-state index is 0.159. The van der Waals surface area contributed by atoms with Crippen LogP contribution in [0.25, 0.3) is 0 Å². The zero-order valence-electron chi connectivity index (χ0n) is 8.93. The van der Waals surface area contributed by atoms with E-state index in [1.807, 2.05) is 6.07 Å². The number of carbonyl (C=O) groups is 1. The van der Waals surface area contributed by atoms with Crippen LogP contribution >= 0.6 is 11.6 Å². The molecule has 0 aliphatic carbocycles. The van der Waals surface area contributed by atoms with Crippen LogP contribution < -0.4 is 5.32 Å². The molecule has 92 valence electrons. The maximum Gasteiger partial charge on any atom is 0.321 e. The number of rotatable bonds is 2. The number of nitrogens with one attached hydrogen (secondary N) is 1. The van der Waals surface area contributed by atoms with Gasteiger partial charge in [-0.3, -0.25) is 14.3 Å².